The van der Waals surface area contributed by atoms with Gasteiger partial charge in [0.15, 0.2) is 12.8 Å². The number of phenols is 1. The van der Waals surface area contributed by atoms with Crippen LogP contribution in [-0.2, 0) is 101 Å². The molecule has 1 aliphatic heterocycles. The van der Waals surface area contributed by atoms with Crippen molar-refractivity contribution < 1.29 is 131 Å². The number of carbonyl (C=O) groups is 18. The number of thiazole rings is 1. The number of unbranched alkanes of at least 4 members (excludes halogenated alkanes) is 1. The number of piperidine rings is 1. The average Bonchev–Trinajstić information content (AvgIpc) is 1.24. The maximum Gasteiger partial charge on any atom is 0.426 e. The van der Waals surface area contributed by atoms with E-state index in [0.717, 1.165) is 45.8 Å². The molecule has 1 saturated heterocycles. The summed E-state index contributed by atoms with van der Waals surface area (Å²) in [6, 6.07) is -0.599. The maximum absolute atomic E-state index is 15.0. The first-order valence-electron chi connectivity index (χ1n) is 39.6. The number of aliphatic carboxylic acids is 5. The van der Waals surface area contributed by atoms with Gasteiger partial charge in [0.05, 0.1) is 31.3 Å². The fraction of sp³-hybridized carbons (Fsp3) is 0.577. The summed E-state index contributed by atoms with van der Waals surface area (Å²) in [6.45, 7) is 11.9. The minimum Gasteiger partial charge on any atom is -0.508 e. The van der Waals surface area contributed by atoms with Crippen molar-refractivity contribution in [2.75, 3.05) is 45.0 Å². The van der Waals surface area contributed by atoms with Crippen molar-refractivity contribution in [1.29, 1.82) is 0 Å². The second kappa shape index (κ2) is 54.1. The molecule has 122 heavy (non-hydrogen) atoms. The molecule has 2 aromatic carbocycles. The van der Waals surface area contributed by atoms with Crippen LogP contribution in [0.4, 0.5) is 14.4 Å². The van der Waals surface area contributed by atoms with Crippen molar-refractivity contribution in [2.24, 2.45) is 17.8 Å². The molecule has 1 aliphatic rings. The van der Waals surface area contributed by atoms with E-state index >= 15 is 4.79 Å². The highest BCUT2D eigenvalue weighted by atomic mass is 33.1. The summed E-state index contributed by atoms with van der Waals surface area (Å²) >= 11 is 1.00. The number of hydrazine groups is 1. The minimum absolute atomic E-state index is 0.00445. The number of hydrogen-bond donors (Lipinski definition) is 17. The highest BCUT2D eigenvalue weighted by Crippen LogP contribution is 2.33. The zero-order valence-electron chi connectivity index (χ0n) is 69.1. The van der Waals surface area contributed by atoms with E-state index in [0.29, 0.717) is 55.2 Å². The van der Waals surface area contributed by atoms with Gasteiger partial charge >= 0.3 is 59.9 Å². The Morgan fingerprint density at radius 3 is 1.91 bits per heavy atom. The molecule has 0 aliphatic carbocycles. The number of hydrogen-bond acceptors (Lipinski definition) is 27. The van der Waals surface area contributed by atoms with E-state index in [-0.39, 0.29) is 110 Å². The van der Waals surface area contributed by atoms with Crippen LogP contribution < -0.4 is 58.7 Å². The molecule has 41 nitrogen and oxygen atoms in total. The van der Waals surface area contributed by atoms with Gasteiger partial charge in [0.1, 0.15) is 59.6 Å². The summed E-state index contributed by atoms with van der Waals surface area (Å²) in [5, 5.41) is 81.3. The Kier molecular flexibility index (Phi) is 45.6. The van der Waals surface area contributed by atoms with Crippen LogP contribution in [0.15, 0.2) is 53.9 Å². The molecule has 3 aromatic rings. The van der Waals surface area contributed by atoms with Crippen LogP contribution in [0.3, 0.4) is 0 Å². The highest BCUT2D eigenvalue weighted by molar-refractivity contribution is 8.76. The molecule has 44 heteroatoms. The first-order valence-corrected chi connectivity index (χ1v) is 43.0. The van der Waals surface area contributed by atoms with E-state index in [9.17, 15) is 107 Å². The normalized spacial score (nSPS) is 15.2. The lowest BCUT2D eigenvalue weighted by Gasteiger charge is -2.39. The number of urea groups is 2. The third kappa shape index (κ3) is 38.5. The average molecular weight is 1770 g/mol. The third-order valence-corrected chi connectivity index (χ3v) is 22.5. The van der Waals surface area contributed by atoms with E-state index in [1.165, 1.54) is 48.4 Å². The lowest BCUT2D eigenvalue weighted by Crippen LogP contribution is -2.59. The van der Waals surface area contributed by atoms with E-state index in [4.69, 9.17) is 19.3 Å². The smallest absolute Gasteiger partial charge is 0.426 e. The number of likely N-dealkylation sites (N-methyl/N-ethyl adjacent to an activating group) is 1. The van der Waals surface area contributed by atoms with Crippen LogP contribution in [0.5, 0.6) is 5.75 Å². The fourth-order valence-corrected chi connectivity index (χ4v) is 15.2. The molecule has 17 N–H and O–H groups in total. The number of esters is 2. The van der Waals surface area contributed by atoms with Gasteiger partial charge in [-0.1, -0.05) is 112 Å². The number of carboxylic acid groups (broad SMARTS) is 5. The van der Waals surface area contributed by atoms with Gasteiger partial charge in [0, 0.05) is 74.2 Å². The molecule has 2 heterocycles. The summed E-state index contributed by atoms with van der Waals surface area (Å²) in [6.07, 6.45) is -1.21. The van der Waals surface area contributed by atoms with E-state index < -0.39 is 194 Å². The summed E-state index contributed by atoms with van der Waals surface area (Å²) in [4.78, 5) is 238. The molecule has 1 fully saturated rings. The maximum atomic E-state index is 15.0. The number of aldehydes is 1. The molecular formula is C78H112N14O27S3. The predicted molar refractivity (Wildman–Crippen MR) is 441 cm³/mol. The largest absolute Gasteiger partial charge is 0.508 e. The quantitative estimate of drug-likeness (QED) is 0.00732. The number of carboxylic acids is 5. The van der Waals surface area contributed by atoms with Crippen LogP contribution in [0.2, 0.25) is 0 Å². The van der Waals surface area contributed by atoms with Crippen molar-refractivity contribution in [1.82, 2.24) is 73.5 Å². The van der Waals surface area contributed by atoms with E-state index in [1.54, 1.807) is 31.2 Å². The van der Waals surface area contributed by atoms with Crippen molar-refractivity contribution in [2.45, 2.75) is 225 Å². The third-order valence-electron chi connectivity index (χ3n) is 19.2. The second-order valence-electron chi connectivity index (χ2n) is 29.4. The minimum atomic E-state index is -2.00. The van der Waals surface area contributed by atoms with Crippen LogP contribution in [0, 0.1) is 17.8 Å². The number of amides is 12. The van der Waals surface area contributed by atoms with Crippen LogP contribution in [0.1, 0.15) is 183 Å². The molecule has 12 amide bonds. The Balaban J connectivity index is 1.29. The molecule has 0 bridgehead atoms. The van der Waals surface area contributed by atoms with Crippen molar-refractivity contribution in [3.05, 3.63) is 81.3 Å². The molecule has 0 radical (unpaired) electrons. The number of rotatable bonds is 54. The lowest BCUT2D eigenvalue weighted by atomic mass is 9.92. The number of likely N-dealkylation sites (tertiary alicyclic amines) is 1. The van der Waals surface area contributed by atoms with Crippen molar-refractivity contribution in [3.8, 4) is 5.75 Å². The van der Waals surface area contributed by atoms with Gasteiger partial charge in [0.2, 0.25) is 35.4 Å². The van der Waals surface area contributed by atoms with E-state index in [1.807, 2.05) is 39.6 Å². The number of aromatic hydroxyl groups is 1. The molecule has 12 atom stereocenters. The molecule has 1 aromatic heterocycles. The summed E-state index contributed by atoms with van der Waals surface area (Å²) < 4.78 is 16.7. The van der Waals surface area contributed by atoms with Gasteiger partial charge in [-0.25, -0.2) is 34.4 Å². The molecular weight excluding hydrogens is 1660 g/mol. The Labute approximate surface area is 716 Å². The van der Waals surface area contributed by atoms with Crippen LogP contribution in [-0.4, -0.2) is 252 Å². The Morgan fingerprint density at radius 2 is 1.31 bits per heavy atom. The fourth-order valence-electron chi connectivity index (χ4n) is 12.4. The zero-order chi connectivity index (χ0) is 90.7. The van der Waals surface area contributed by atoms with Crippen LogP contribution in [0.25, 0.3) is 0 Å². The molecule has 674 valence electrons. The number of phenolic OH excluding ortho intramolecular Hbond substituents is 1. The lowest BCUT2D eigenvalue weighted by molar-refractivity contribution is -0.161. The number of ether oxygens (including phenoxy) is 3. The first kappa shape index (κ1) is 103. The van der Waals surface area contributed by atoms with E-state index in [2.05, 4.69) is 63.7 Å². The number of nitrogens with one attached hydrogen (secondary N) is 11. The van der Waals surface area contributed by atoms with Crippen LogP contribution >= 0.6 is 32.9 Å². The number of benzene rings is 2. The summed E-state index contributed by atoms with van der Waals surface area (Å²) in [7, 11) is 3.71. The van der Waals surface area contributed by atoms with Gasteiger partial charge in [-0.3, -0.25) is 67.9 Å². The first-order chi connectivity index (χ1) is 57.8. The SMILES string of the molecule is CCCC(=O)OCN(C(=O)[C@@H](NC(=O)[C@H]1CCCCN1C)C(C)CC)[C@H](C[C@@H](OC(C)=O)c1nc(C(=O)N[C@@H](Cc2ccc(O)cc2)C[C@H](C)C(=O)NNC(=O)OCCSSC[C@H](NC(=O)[C@H](CC(=O)O)NC(=O)[C@H](CC(=O)O)NC(=O)Cc2ccc(CNC(=O)NCCCC[C@@H](NC(=O)N[C@H](C=O)CCC(=O)O)C(=O)O)cc2)C(=O)O)cs1)C(C)C. The topological polar surface area (TPSA) is 608 Å². The monoisotopic (exact) mass is 1770 g/mol. The standard InChI is InChI=1S/C78H112N14O27S3/c1-9-15-65(103)118-42-92(73(109)66(44(5)10-2)88-71(108)58-17-12-14-29-91(58)8)59(43(3)4)37-60(119-46(7)94)72-86-56(40-120-72)70(107)81-51(33-47-22-25-52(95)26-23-47)32-45(6)67(104)89-90-78(116)117-30-31-121-122-41-57(75(112)113)85-69(106)55(36-64(101)102)84-68(105)54(35-63(99)100)83-61(96)34-48-18-20-49(21-19-48)38-80-76(114)79-28-13-11-16-53(74(110)111)87-77(115)82-50(39-93)24-27-62(97)98/h18-23,25-26,39-40,43-45,50-51,53-55,57-60,66,95H,9-17,24,27-38,41-42H2,1-8H3,(H,81,107)(H,83,96)(H,84,105)(H,85,106)(H,88,108)(H,89,104)(H,90,116)(H,97,98)(H,99,100)(H,101,102)(H,110,111)(H,112,113)(H2,79,80,114)(H2,82,87,115)/t44?,45-,50-,51+,53+,54-,55-,57-,58+,59+,60+,66-/m0/s1. The molecule has 0 spiro atoms. The van der Waals surface area contributed by atoms with Crippen molar-refractivity contribution in [3.63, 3.8) is 0 Å². The number of nitrogens with zero attached hydrogens (tertiary/aromatic N) is 3. The summed E-state index contributed by atoms with van der Waals surface area (Å²) in [5.74, 6) is -16.4. The van der Waals surface area contributed by atoms with Gasteiger partial charge in [-0.2, -0.15) is 0 Å². The van der Waals surface area contributed by atoms with Gasteiger partial charge in [-0.15, -0.1) is 11.3 Å². The van der Waals surface area contributed by atoms with Gasteiger partial charge < -0.3 is 102 Å². The van der Waals surface area contributed by atoms with Gasteiger partial charge in [-0.05, 0) is 112 Å². The second-order valence-corrected chi connectivity index (χ2v) is 32.9. The zero-order valence-corrected chi connectivity index (χ0v) is 71.5. The van der Waals surface area contributed by atoms with Gasteiger partial charge in [0.25, 0.3) is 5.91 Å². The number of carbonyl (C=O) groups excluding carboxylic acids is 13. The highest BCUT2D eigenvalue weighted by Gasteiger charge is 2.41. The molecule has 1 unspecified atom stereocenters. The predicted octanol–water partition coefficient (Wildman–Crippen LogP) is 3.40. The molecule has 4 rings (SSSR count). The Hall–Kier alpha value is -11.4. The number of aromatic nitrogens is 1. The van der Waals surface area contributed by atoms with Crippen molar-refractivity contribution >= 4 is 141 Å². The molecule has 0 saturated carbocycles. The Morgan fingerprint density at radius 1 is 0.672 bits per heavy atom. The summed E-state index contributed by atoms with van der Waals surface area (Å²) in [5.41, 5.74) is 5.85. The Bertz CT molecular complexity index is 4050.